The highest BCUT2D eigenvalue weighted by Gasteiger charge is 2.23. The van der Waals surface area contributed by atoms with Gasteiger partial charge in [0.1, 0.15) is 11.5 Å². The lowest BCUT2D eigenvalue weighted by Gasteiger charge is -2.15. The molecule has 0 aliphatic carbocycles. The van der Waals surface area contributed by atoms with Gasteiger partial charge in [0.25, 0.3) is 5.69 Å². The van der Waals surface area contributed by atoms with E-state index in [9.17, 15) is 32.1 Å². The molecule has 0 radical (unpaired) electrons. The van der Waals surface area contributed by atoms with Crippen LogP contribution in [0.15, 0.2) is 30.3 Å². The molecule has 9 nitrogen and oxygen atoms in total. The quantitative estimate of drug-likeness (QED) is 0.442. The lowest BCUT2D eigenvalue weighted by molar-refractivity contribution is -0.384. The van der Waals surface area contributed by atoms with Crippen molar-refractivity contribution in [1.82, 2.24) is 0 Å². The molecule has 2 aromatic rings. The number of sulfonamides is 1. The zero-order valence-electron chi connectivity index (χ0n) is 16.1. The summed E-state index contributed by atoms with van der Waals surface area (Å²) in [6.45, 7) is 1.87. The molecule has 0 saturated heterocycles. The Bertz CT molecular complexity index is 1080. The second-order valence-electron chi connectivity index (χ2n) is 6.33. The molecule has 2 aromatic carbocycles. The minimum Gasteiger partial charge on any atom is -0.452 e. The fourth-order valence-electron chi connectivity index (χ4n) is 2.41. The molecule has 0 aliphatic rings. The van der Waals surface area contributed by atoms with E-state index in [1.165, 1.54) is 0 Å². The Labute approximate surface area is 171 Å². The predicted molar refractivity (Wildman–Crippen MR) is 106 cm³/mol. The Kier molecular flexibility index (Phi) is 7.27. The standard InChI is InChI=1S/C18H19F2N3O6S/c1-3-4-5-18(24)21-13-9-14(22-30(2,27)28)17(10-15(13)23(25)26)29-16-7-6-11(19)8-12(16)20/h6-10,22H,3-5H2,1-2H3,(H,21,24). The molecule has 30 heavy (non-hydrogen) atoms. The number of unbranched alkanes of at least 4 members (excludes halogenated alkanes) is 1. The summed E-state index contributed by atoms with van der Waals surface area (Å²) in [7, 11) is -3.87. The molecule has 2 N–H and O–H groups in total. The first-order valence-electron chi connectivity index (χ1n) is 8.73. The zero-order valence-corrected chi connectivity index (χ0v) is 16.9. The van der Waals surface area contributed by atoms with Crippen LogP contribution in [0.3, 0.4) is 0 Å². The molecule has 0 fully saturated rings. The van der Waals surface area contributed by atoms with Crippen molar-refractivity contribution in [1.29, 1.82) is 0 Å². The van der Waals surface area contributed by atoms with E-state index in [1.807, 2.05) is 6.92 Å². The maximum absolute atomic E-state index is 13.9. The van der Waals surface area contributed by atoms with Crippen LogP contribution in [-0.2, 0) is 14.8 Å². The first-order chi connectivity index (χ1) is 14.0. The molecule has 162 valence electrons. The Hall–Kier alpha value is -3.28. The smallest absolute Gasteiger partial charge is 0.296 e. The van der Waals surface area contributed by atoms with Crippen LogP contribution < -0.4 is 14.8 Å². The van der Waals surface area contributed by atoms with Gasteiger partial charge in [-0.05, 0) is 24.6 Å². The van der Waals surface area contributed by atoms with Gasteiger partial charge in [-0.2, -0.15) is 0 Å². The SMILES string of the molecule is CCCCC(=O)Nc1cc(NS(C)(=O)=O)c(Oc2ccc(F)cc2F)cc1[N+](=O)[O-]. The molecule has 0 unspecified atom stereocenters. The van der Waals surface area contributed by atoms with Gasteiger partial charge in [-0.1, -0.05) is 13.3 Å². The first kappa shape index (κ1) is 23.0. The van der Waals surface area contributed by atoms with E-state index in [1.54, 1.807) is 0 Å². The summed E-state index contributed by atoms with van der Waals surface area (Å²) in [5, 5.41) is 13.8. The van der Waals surface area contributed by atoms with Crippen LogP contribution in [0.2, 0.25) is 0 Å². The summed E-state index contributed by atoms with van der Waals surface area (Å²) in [4.78, 5) is 22.7. The number of halogens is 2. The molecular formula is C18H19F2N3O6S. The van der Waals surface area contributed by atoms with E-state index in [4.69, 9.17) is 4.74 Å². The number of hydrogen-bond acceptors (Lipinski definition) is 6. The third-order valence-corrected chi connectivity index (χ3v) is 4.33. The van der Waals surface area contributed by atoms with Crippen LogP contribution in [0, 0.1) is 21.7 Å². The fraction of sp³-hybridized carbons (Fsp3) is 0.278. The van der Waals surface area contributed by atoms with Crippen LogP contribution in [0.4, 0.5) is 25.8 Å². The number of benzene rings is 2. The van der Waals surface area contributed by atoms with Crippen molar-refractivity contribution in [3.8, 4) is 11.5 Å². The number of anilines is 2. The van der Waals surface area contributed by atoms with Crippen molar-refractivity contribution in [2.45, 2.75) is 26.2 Å². The van der Waals surface area contributed by atoms with Gasteiger partial charge in [-0.15, -0.1) is 0 Å². The van der Waals surface area contributed by atoms with Gasteiger partial charge in [0, 0.05) is 12.5 Å². The maximum Gasteiger partial charge on any atom is 0.296 e. The van der Waals surface area contributed by atoms with Crippen molar-refractivity contribution >= 4 is 33.0 Å². The van der Waals surface area contributed by atoms with Crippen molar-refractivity contribution in [3.05, 3.63) is 52.1 Å². The molecule has 0 aliphatic heterocycles. The number of carbonyl (C=O) groups excluding carboxylic acids is 1. The highest BCUT2D eigenvalue weighted by atomic mass is 32.2. The van der Waals surface area contributed by atoms with Gasteiger partial charge in [-0.25, -0.2) is 17.2 Å². The summed E-state index contributed by atoms with van der Waals surface area (Å²) < 4.78 is 57.8. The van der Waals surface area contributed by atoms with E-state index in [2.05, 4.69) is 10.0 Å². The number of nitrogens with one attached hydrogen (secondary N) is 2. The van der Waals surface area contributed by atoms with Crippen molar-refractivity contribution in [2.75, 3.05) is 16.3 Å². The average molecular weight is 443 g/mol. The second kappa shape index (κ2) is 9.48. The third-order valence-electron chi connectivity index (χ3n) is 3.74. The lowest BCUT2D eigenvalue weighted by atomic mass is 10.2. The molecule has 2 rings (SSSR count). The van der Waals surface area contributed by atoms with Gasteiger partial charge in [0.05, 0.1) is 22.9 Å². The highest BCUT2D eigenvalue weighted by molar-refractivity contribution is 7.92. The molecule has 0 saturated carbocycles. The minimum absolute atomic E-state index is 0.113. The number of rotatable bonds is 9. The Balaban J connectivity index is 2.54. The first-order valence-corrected chi connectivity index (χ1v) is 10.6. The van der Waals surface area contributed by atoms with E-state index in [-0.39, 0.29) is 17.8 Å². The number of nitro groups is 1. The number of nitrogens with zero attached hydrogens (tertiary/aromatic N) is 1. The number of hydrogen-bond donors (Lipinski definition) is 2. The van der Waals surface area contributed by atoms with Gasteiger partial charge in [0.2, 0.25) is 15.9 Å². The van der Waals surface area contributed by atoms with Crippen LogP contribution >= 0.6 is 0 Å². The second-order valence-corrected chi connectivity index (χ2v) is 8.07. The molecule has 0 spiro atoms. The van der Waals surface area contributed by atoms with Crippen molar-refractivity contribution < 1.29 is 31.7 Å². The number of amides is 1. The van der Waals surface area contributed by atoms with E-state index < -0.39 is 49.7 Å². The number of carbonyl (C=O) groups is 1. The molecule has 0 bridgehead atoms. The van der Waals surface area contributed by atoms with Crippen molar-refractivity contribution in [2.24, 2.45) is 0 Å². The van der Waals surface area contributed by atoms with Gasteiger partial charge in [0.15, 0.2) is 17.3 Å². The predicted octanol–water partition coefficient (Wildman–Crippen LogP) is 4.17. The van der Waals surface area contributed by atoms with Crippen molar-refractivity contribution in [3.63, 3.8) is 0 Å². The van der Waals surface area contributed by atoms with Gasteiger partial charge < -0.3 is 10.1 Å². The van der Waals surface area contributed by atoms with Gasteiger partial charge >= 0.3 is 0 Å². The topological polar surface area (TPSA) is 128 Å². The molecule has 0 atom stereocenters. The summed E-state index contributed by atoms with van der Waals surface area (Å²) in [6, 6.07) is 4.22. The average Bonchev–Trinajstić information content (AvgIpc) is 2.62. The van der Waals surface area contributed by atoms with Crippen LogP contribution in [0.25, 0.3) is 0 Å². The Morgan fingerprint density at radius 1 is 1.17 bits per heavy atom. The largest absolute Gasteiger partial charge is 0.452 e. The monoisotopic (exact) mass is 443 g/mol. The molecule has 12 heteroatoms. The lowest BCUT2D eigenvalue weighted by Crippen LogP contribution is -2.15. The van der Waals surface area contributed by atoms with Crippen LogP contribution in [0.5, 0.6) is 11.5 Å². The summed E-state index contributed by atoms with van der Waals surface area (Å²) in [6.07, 6.45) is 2.23. The molecule has 0 aromatic heterocycles. The molecule has 0 heterocycles. The summed E-state index contributed by atoms with van der Waals surface area (Å²) in [5.41, 5.74) is -1.15. The Morgan fingerprint density at radius 3 is 2.43 bits per heavy atom. The highest BCUT2D eigenvalue weighted by Crippen LogP contribution is 2.39. The summed E-state index contributed by atoms with van der Waals surface area (Å²) in [5.74, 6) is -3.36. The number of nitro benzene ring substituents is 1. The van der Waals surface area contributed by atoms with E-state index in [0.29, 0.717) is 12.5 Å². The Morgan fingerprint density at radius 2 is 1.87 bits per heavy atom. The van der Waals surface area contributed by atoms with Crippen LogP contribution in [-0.4, -0.2) is 25.5 Å². The van der Waals surface area contributed by atoms with Crippen LogP contribution in [0.1, 0.15) is 26.2 Å². The van der Waals surface area contributed by atoms with E-state index in [0.717, 1.165) is 36.9 Å². The maximum atomic E-state index is 13.9. The molecular weight excluding hydrogens is 424 g/mol. The fourth-order valence-corrected chi connectivity index (χ4v) is 2.97. The summed E-state index contributed by atoms with van der Waals surface area (Å²) >= 11 is 0. The zero-order chi connectivity index (χ0) is 22.5. The minimum atomic E-state index is -3.87. The molecule has 1 amide bonds. The number of ether oxygens (including phenoxy) is 1. The normalized spacial score (nSPS) is 11.1. The van der Waals surface area contributed by atoms with E-state index >= 15 is 0 Å². The third kappa shape index (κ3) is 6.37. The van der Waals surface area contributed by atoms with Gasteiger partial charge in [-0.3, -0.25) is 19.6 Å².